The number of carboxylic acids is 1. The molecule has 1 aliphatic heterocycles. The maximum absolute atomic E-state index is 12.7. The number of carboxylic acid groups (broad SMARTS) is 1. The number of likely N-dealkylation sites (N-methyl/N-ethyl adjacent to an activating group) is 1. The molecule has 1 atom stereocenters. The number of hydrogen-bond acceptors (Lipinski definition) is 8. The topological polar surface area (TPSA) is 119 Å². The number of nitrogens with one attached hydrogen (secondary N) is 1. The first kappa shape index (κ1) is 32.1. The van der Waals surface area contributed by atoms with Crippen molar-refractivity contribution in [1.82, 2.24) is 9.80 Å². The maximum atomic E-state index is 12.7. The molecule has 1 amide bonds. The second-order valence-electron chi connectivity index (χ2n) is 11.0. The molecule has 1 unspecified atom stereocenters. The van der Waals surface area contributed by atoms with Gasteiger partial charge in [0.25, 0.3) is 10.9 Å². The zero-order chi connectivity index (χ0) is 29.8. The van der Waals surface area contributed by atoms with Crippen LogP contribution in [0.25, 0.3) is 0 Å². The average Bonchev–Trinajstić information content (AvgIpc) is 2.97. The molecule has 0 saturated carbocycles. The molecule has 226 valence electrons. The van der Waals surface area contributed by atoms with Crippen LogP contribution >= 0.6 is 0 Å². The molecule has 1 aliphatic rings. The Bertz CT molecular complexity index is 1170. The largest absolute Gasteiger partial charge is 0.480 e. The molecule has 41 heavy (non-hydrogen) atoms. The molecule has 10 nitrogen and oxygen atoms in total. The summed E-state index contributed by atoms with van der Waals surface area (Å²) in [7, 11) is 2.01. The van der Waals surface area contributed by atoms with Gasteiger partial charge in [-0.1, -0.05) is 64.5 Å². The number of carbonyl (C=O) groups excluding carboxylic acids is 1. The fourth-order valence-electron chi connectivity index (χ4n) is 5.07. The Balaban J connectivity index is 1.66. The fraction of sp³-hybridized carbons (Fsp3) is 0.613. The summed E-state index contributed by atoms with van der Waals surface area (Å²) in [6.07, 6.45) is 8.00. The standard InChI is InChI=1S/C31H46N4O6/c1-4-6-8-10-16-34(17-11-9-7-5-2)27-26(28(36)29(27)37)32-25(30(38)39)22-23-12-14-24(15-13-23)41-31(40)35-20-18-33(3)19-21-35/h12-15,25,32H,4-11,16-22H2,1-3H3,(H,38,39). The average molecular weight is 571 g/mol. The third-order valence-corrected chi connectivity index (χ3v) is 7.71. The van der Waals surface area contributed by atoms with Gasteiger partial charge in [0.15, 0.2) is 0 Å². The lowest BCUT2D eigenvalue weighted by Gasteiger charge is -2.31. The number of piperazine rings is 1. The molecule has 10 heteroatoms. The van der Waals surface area contributed by atoms with E-state index in [2.05, 4.69) is 24.1 Å². The lowest BCUT2D eigenvalue weighted by molar-refractivity contribution is -0.137. The number of nitrogens with zero attached hydrogens (tertiary/aromatic N) is 3. The van der Waals surface area contributed by atoms with E-state index < -0.39 is 29.0 Å². The molecule has 0 spiro atoms. The van der Waals surface area contributed by atoms with Crippen molar-refractivity contribution in [2.45, 2.75) is 77.7 Å². The highest BCUT2D eigenvalue weighted by Crippen LogP contribution is 2.24. The van der Waals surface area contributed by atoms with Crippen molar-refractivity contribution < 1.29 is 19.4 Å². The van der Waals surface area contributed by atoms with Gasteiger partial charge in [-0.15, -0.1) is 0 Å². The Labute approximate surface area is 243 Å². The normalized spacial score (nSPS) is 14.7. The number of aliphatic carboxylic acids is 1. The molecule has 0 aliphatic carbocycles. The van der Waals surface area contributed by atoms with Crippen LogP contribution in [0.5, 0.6) is 5.75 Å². The van der Waals surface area contributed by atoms with Crippen LogP contribution < -0.4 is 25.8 Å². The molecule has 0 radical (unpaired) electrons. The first-order valence-electron chi connectivity index (χ1n) is 15.1. The highest BCUT2D eigenvalue weighted by atomic mass is 16.6. The van der Waals surface area contributed by atoms with Gasteiger partial charge in [0.1, 0.15) is 23.2 Å². The zero-order valence-corrected chi connectivity index (χ0v) is 24.8. The van der Waals surface area contributed by atoms with Gasteiger partial charge in [-0.25, -0.2) is 9.59 Å². The fourth-order valence-corrected chi connectivity index (χ4v) is 5.07. The minimum Gasteiger partial charge on any atom is -0.480 e. The number of carbonyl (C=O) groups is 2. The van der Waals surface area contributed by atoms with Crippen molar-refractivity contribution >= 4 is 23.4 Å². The van der Waals surface area contributed by atoms with Crippen LogP contribution in [0.4, 0.5) is 16.2 Å². The van der Waals surface area contributed by atoms with Crippen LogP contribution in [0.15, 0.2) is 33.9 Å². The van der Waals surface area contributed by atoms with Crippen molar-refractivity contribution in [2.24, 2.45) is 0 Å². The van der Waals surface area contributed by atoms with Gasteiger partial charge >= 0.3 is 12.1 Å². The quantitative estimate of drug-likeness (QED) is 0.214. The minimum absolute atomic E-state index is 0.0905. The predicted octanol–water partition coefficient (Wildman–Crippen LogP) is 4.10. The lowest BCUT2D eigenvalue weighted by Crippen LogP contribution is -2.48. The van der Waals surface area contributed by atoms with Crippen LogP contribution in [0, 0.1) is 0 Å². The zero-order valence-electron chi connectivity index (χ0n) is 24.8. The van der Waals surface area contributed by atoms with E-state index in [1.54, 1.807) is 29.2 Å². The second kappa shape index (κ2) is 16.1. The summed E-state index contributed by atoms with van der Waals surface area (Å²) < 4.78 is 5.49. The van der Waals surface area contributed by atoms with Gasteiger partial charge in [-0.05, 0) is 37.6 Å². The summed E-state index contributed by atoms with van der Waals surface area (Å²) >= 11 is 0. The highest BCUT2D eigenvalue weighted by Gasteiger charge is 2.30. The molecule has 3 rings (SSSR count). The van der Waals surface area contributed by atoms with Crippen LogP contribution in [-0.2, 0) is 11.2 Å². The Morgan fingerprint density at radius 3 is 2.02 bits per heavy atom. The van der Waals surface area contributed by atoms with Gasteiger partial charge in [0.05, 0.1) is 0 Å². The van der Waals surface area contributed by atoms with E-state index in [0.717, 1.165) is 64.5 Å². The van der Waals surface area contributed by atoms with Gasteiger partial charge < -0.3 is 29.9 Å². The van der Waals surface area contributed by atoms with E-state index in [0.29, 0.717) is 43.2 Å². The first-order chi connectivity index (χ1) is 19.7. The summed E-state index contributed by atoms with van der Waals surface area (Å²) in [6.45, 7) is 8.40. The molecule has 0 bridgehead atoms. The van der Waals surface area contributed by atoms with Gasteiger partial charge in [0.2, 0.25) is 0 Å². The summed E-state index contributed by atoms with van der Waals surface area (Å²) in [4.78, 5) is 55.7. The summed E-state index contributed by atoms with van der Waals surface area (Å²) in [5.74, 6) is -0.740. The molecule has 1 saturated heterocycles. The van der Waals surface area contributed by atoms with Crippen molar-refractivity contribution in [1.29, 1.82) is 0 Å². The molecular weight excluding hydrogens is 524 g/mol. The van der Waals surface area contributed by atoms with Crippen molar-refractivity contribution in [3.8, 4) is 5.75 Å². The SMILES string of the molecule is CCCCCCN(CCCCCC)c1c(NC(Cc2ccc(OC(=O)N3CCN(C)CC3)cc2)C(=O)O)c(=O)c1=O. The van der Waals surface area contributed by atoms with Gasteiger partial charge in [-0.2, -0.15) is 0 Å². The van der Waals surface area contributed by atoms with E-state index in [4.69, 9.17) is 4.74 Å². The van der Waals surface area contributed by atoms with E-state index in [1.807, 2.05) is 11.9 Å². The van der Waals surface area contributed by atoms with Gasteiger partial charge in [-0.3, -0.25) is 9.59 Å². The summed E-state index contributed by atoms with van der Waals surface area (Å²) in [6, 6.07) is 5.60. The third kappa shape index (κ3) is 9.31. The Kier molecular flexibility index (Phi) is 12.6. The third-order valence-electron chi connectivity index (χ3n) is 7.71. The number of unbranched alkanes of at least 4 members (excludes halogenated alkanes) is 6. The number of hydrogen-bond donors (Lipinski definition) is 2. The minimum atomic E-state index is -1.12. The van der Waals surface area contributed by atoms with Crippen molar-refractivity contribution in [3.05, 3.63) is 50.3 Å². The van der Waals surface area contributed by atoms with Crippen LogP contribution in [0.2, 0.25) is 0 Å². The lowest BCUT2D eigenvalue weighted by atomic mass is 10.0. The molecular formula is C31H46N4O6. The van der Waals surface area contributed by atoms with Crippen molar-refractivity contribution in [3.63, 3.8) is 0 Å². The molecule has 1 heterocycles. The number of anilines is 2. The van der Waals surface area contributed by atoms with Crippen LogP contribution in [0.1, 0.15) is 70.8 Å². The van der Waals surface area contributed by atoms with Gasteiger partial charge in [0, 0.05) is 45.7 Å². The summed E-state index contributed by atoms with van der Waals surface area (Å²) in [5, 5.41) is 12.8. The molecule has 2 aromatic carbocycles. The van der Waals surface area contributed by atoms with E-state index in [-0.39, 0.29) is 12.1 Å². The van der Waals surface area contributed by atoms with Crippen LogP contribution in [-0.4, -0.2) is 79.3 Å². The summed E-state index contributed by atoms with van der Waals surface area (Å²) in [5.41, 5.74) is -0.0919. The van der Waals surface area contributed by atoms with Crippen LogP contribution in [0.3, 0.4) is 0 Å². The maximum Gasteiger partial charge on any atom is 0.415 e. The Hall–Kier alpha value is -3.40. The van der Waals surface area contributed by atoms with E-state index in [9.17, 15) is 24.3 Å². The molecule has 2 N–H and O–H groups in total. The van der Waals surface area contributed by atoms with Crippen molar-refractivity contribution in [2.75, 3.05) is 56.5 Å². The Morgan fingerprint density at radius 1 is 0.902 bits per heavy atom. The second-order valence-corrected chi connectivity index (χ2v) is 11.0. The molecule has 1 fully saturated rings. The number of amides is 1. The smallest absolute Gasteiger partial charge is 0.415 e. The Morgan fingerprint density at radius 2 is 1.49 bits per heavy atom. The number of rotatable bonds is 17. The number of benzene rings is 1. The molecule has 0 aromatic heterocycles. The van der Waals surface area contributed by atoms with E-state index >= 15 is 0 Å². The number of ether oxygens (including phenoxy) is 1. The monoisotopic (exact) mass is 570 g/mol. The predicted molar refractivity (Wildman–Crippen MR) is 162 cm³/mol. The molecule has 2 aromatic rings. The highest BCUT2D eigenvalue weighted by molar-refractivity contribution is 5.83. The van der Waals surface area contributed by atoms with E-state index in [1.165, 1.54) is 0 Å². The first-order valence-corrected chi connectivity index (χ1v) is 15.1.